The molecule has 1 aromatic carbocycles. The molecule has 2 aromatic rings. The molecule has 3 N–H and O–H groups in total. The number of amides is 1. The fraction of sp³-hybridized carbons (Fsp3) is 0.375. The van der Waals surface area contributed by atoms with Gasteiger partial charge in [-0.05, 0) is 30.9 Å². The standard InChI is InChI=1S/C16H19N3O/c17-14-6-3-4-11(14)10-19-16(20)13-8-9-18-15-7-2-1-5-12(13)15/h1-2,5,7-9,11,14H,3-4,6,10,17H2,(H,19,20). The van der Waals surface area contributed by atoms with Crippen LogP contribution in [0.3, 0.4) is 0 Å². The van der Waals surface area contributed by atoms with E-state index in [0.29, 0.717) is 18.0 Å². The fourth-order valence-corrected chi connectivity index (χ4v) is 2.93. The van der Waals surface area contributed by atoms with E-state index >= 15 is 0 Å². The van der Waals surface area contributed by atoms with Crippen LogP contribution in [-0.4, -0.2) is 23.5 Å². The predicted molar refractivity (Wildman–Crippen MR) is 79.4 cm³/mol. The quantitative estimate of drug-likeness (QED) is 0.896. The molecule has 2 atom stereocenters. The third kappa shape index (κ3) is 2.51. The minimum Gasteiger partial charge on any atom is -0.352 e. The van der Waals surface area contributed by atoms with Crippen LogP contribution in [0.1, 0.15) is 29.6 Å². The third-order valence-corrected chi connectivity index (χ3v) is 4.14. The molecule has 0 bridgehead atoms. The van der Waals surface area contributed by atoms with Crippen molar-refractivity contribution in [2.45, 2.75) is 25.3 Å². The first-order chi connectivity index (χ1) is 9.75. The second-order valence-corrected chi connectivity index (χ2v) is 5.44. The number of hydrogen-bond donors (Lipinski definition) is 2. The van der Waals surface area contributed by atoms with Gasteiger partial charge in [-0.2, -0.15) is 0 Å². The van der Waals surface area contributed by atoms with Gasteiger partial charge in [0.15, 0.2) is 0 Å². The van der Waals surface area contributed by atoms with E-state index in [1.165, 1.54) is 6.42 Å². The highest BCUT2D eigenvalue weighted by atomic mass is 16.1. The van der Waals surface area contributed by atoms with E-state index in [1.54, 1.807) is 12.3 Å². The van der Waals surface area contributed by atoms with E-state index < -0.39 is 0 Å². The van der Waals surface area contributed by atoms with Gasteiger partial charge in [0.1, 0.15) is 0 Å². The van der Waals surface area contributed by atoms with Gasteiger partial charge in [-0.15, -0.1) is 0 Å². The Morgan fingerprint density at radius 3 is 2.95 bits per heavy atom. The van der Waals surface area contributed by atoms with Crippen molar-refractivity contribution < 1.29 is 4.79 Å². The van der Waals surface area contributed by atoms with Gasteiger partial charge in [-0.3, -0.25) is 9.78 Å². The van der Waals surface area contributed by atoms with Gasteiger partial charge in [0.2, 0.25) is 0 Å². The first kappa shape index (κ1) is 13.1. The van der Waals surface area contributed by atoms with Crippen molar-refractivity contribution >= 4 is 16.8 Å². The molecule has 4 nitrogen and oxygen atoms in total. The molecule has 1 aromatic heterocycles. The molecule has 2 unspecified atom stereocenters. The summed E-state index contributed by atoms with van der Waals surface area (Å²) < 4.78 is 0. The summed E-state index contributed by atoms with van der Waals surface area (Å²) in [5.74, 6) is 0.370. The van der Waals surface area contributed by atoms with Crippen molar-refractivity contribution in [1.29, 1.82) is 0 Å². The molecule has 0 saturated heterocycles. The molecule has 1 amide bonds. The summed E-state index contributed by atoms with van der Waals surface area (Å²) in [4.78, 5) is 16.6. The van der Waals surface area contributed by atoms with E-state index in [1.807, 2.05) is 24.3 Å². The van der Waals surface area contributed by atoms with E-state index in [-0.39, 0.29) is 11.9 Å². The number of fused-ring (bicyclic) bond motifs is 1. The first-order valence-corrected chi connectivity index (χ1v) is 7.13. The molecule has 4 heteroatoms. The van der Waals surface area contributed by atoms with Crippen molar-refractivity contribution in [3.63, 3.8) is 0 Å². The maximum absolute atomic E-state index is 12.3. The van der Waals surface area contributed by atoms with Gasteiger partial charge in [0.05, 0.1) is 11.1 Å². The molecule has 1 heterocycles. The zero-order chi connectivity index (χ0) is 13.9. The number of nitrogens with two attached hydrogens (primary N) is 1. The molecule has 1 saturated carbocycles. The summed E-state index contributed by atoms with van der Waals surface area (Å²) in [5, 5.41) is 3.91. The lowest BCUT2D eigenvalue weighted by atomic mass is 10.0. The lowest BCUT2D eigenvalue weighted by Crippen LogP contribution is -2.36. The lowest BCUT2D eigenvalue weighted by molar-refractivity contribution is 0.0948. The zero-order valence-electron chi connectivity index (χ0n) is 11.4. The van der Waals surface area contributed by atoms with Gasteiger partial charge in [-0.25, -0.2) is 0 Å². The Morgan fingerprint density at radius 2 is 2.15 bits per heavy atom. The summed E-state index contributed by atoms with van der Waals surface area (Å²) in [5.41, 5.74) is 7.56. The van der Waals surface area contributed by atoms with Crippen molar-refractivity contribution in [3.05, 3.63) is 42.1 Å². The second-order valence-electron chi connectivity index (χ2n) is 5.44. The van der Waals surface area contributed by atoms with E-state index in [4.69, 9.17) is 5.73 Å². The maximum atomic E-state index is 12.3. The van der Waals surface area contributed by atoms with Crippen LogP contribution < -0.4 is 11.1 Å². The molecule has 0 spiro atoms. The summed E-state index contributed by atoms with van der Waals surface area (Å²) in [6.07, 6.45) is 5.02. The minimum atomic E-state index is -0.0392. The number of carbonyl (C=O) groups excluding carboxylic acids is 1. The van der Waals surface area contributed by atoms with Gasteiger partial charge in [-0.1, -0.05) is 24.6 Å². The highest BCUT2D eigenvalue weighted by Gasteiger charge is 2.24. The molecule has 3 rings (SSSR count). The van der Waals surface area contributed by atoms with E-state index in [2.05, 4.69) is 10.3 Å². The molecular weight excluding hydrogens is 250 g/mol. The molecule has 1 aliphatic rings. The zero-order valence-corrected chi connectivity index (χ0v) is 11.4. The topological polar surface area (TPSA) is 68.0 Å². The van der Waals surface area contributed by atoms with Crippen LogP contribution >= 0.6 is 0 Å². The van der Waals surface area contributed by atoms with Gasteiger partial charge in [0.25, 0.3) is 5.91 Å². The monoisotopic (exact) mass is 269 g/mol. The fourth-order valence-electron chi connectivity index (χ4n) is 2.93. The Bertz CT molecular complexity index is 621. The predicted octanol–water partition coefficient (Wildman–Crippen LogP) is 2.09. The van der Waals surface area contributed by atoms with E-state index in [0.717, 1.165) is 23.7 Å². The Kier molecular flexibility index (Phi) is 3.65. The van der Waals surface area contributed by atoms with Crippen LogP contribution in [0.15, 0.2) is 36.5 Å². The molecule has 20 heavy (non-hydrogen) atoms. The van der Waals surface area contributed by atoms with E-state index in [9.17, 15) is 4.79 Å². The number of nitrogens with one attached hydrogen (secondary N) is 1. The van der Waals surface area contributed by atoms with Gasteiger partial charge < -0.3 is 11.1 Å². The molecular formula is C16H19N3O. The van der Waals surface area contributed by atoms with Gasteiger partial charge in [0, 0.05) is 24.2 Å². The average Bonchev–Trinajstić information content (AvgIpc) is 2.89. The van der Waals surface area contributed by atoms with Crippen molar-refractivity contribution in [2.75, 3.05) is 6.54 Å². The number of pyridine rings is 1. The van der Waals surface area contributed by atoms with Gasteiger partial charge >= 0.3 is 0 Å². The van der Waals surface area contributed by atoms with Crippen molar-refractivity contribution in [3.8, 4) is 0 Å². The number of para-hydroxylation sites is 1. The normalized spacial score (nSPS) is 22.1. The third-order valence-electron chi connectivity index (χ3n) is 4.14. The average molecular weight is 269 g/mol. The molecule has 0 radical (unpaired) electrons. The van der Waals surface area contributed by atoms with Crippen LogP contribution in [0.2, 0.25) is 0 Å². The van der Waals surface area contributed by atoms with Crippen molar-refractivity contribution in [1.82, 2.24) is 10.3 Å². The summed E-state index contributed by atoms with van der Waals surface area (Å²) >= 11 is 0. The first-order valence-electron chi connectivity index (χ1n) is 7.13. The summed E-state index contributed by atoms with van der Waals surface area (Å²) in [6, 6.07) is 9.69. The second kappa shape index (κ2) is 5.59. The Balaban J connectivity index is 1.75. The number of aromatic nitrogens is 1. The summed E-state index contributed by atoms with van der Waals surface area (Å²) in [7, 11) is 0. The smallest absolute Gasteiger partial charge is 0.252 e. The Morgan fingerprint density at radius 1 is 1.30 bits per heavy atom. The number of hydrogen-bond acceptors (Lipinski definition) is 3. The van der Waals surface area contributed by atoms with Crippen LogP contribution in [0.25, 0.3) is 10.9 Å². The minimum absolute atomic E-state index is 0.0392. The number of rotatable bonds is 3. The lowest BCUT2D eigenvalue weighted by Gasteiger charge is -2.16. The molecule has 0 aliphatic heterocycles. The number of benzene rings is 1. The molecule has 1 aliphatic carbocycles. The SMILES string of the molecule is NC1CCCC1CNC(=O)c1ccnc2ccccc12. The number of carbonyl (C=O) groups is 1. The molecule has 104 valence electrons. The van der Waals surface area contributed by atoms with Crippen LogP contribution in [0.5, 0.6) is 0 Å². The Labute approximate surface area is 118 Å². The van der Waals surface area contributed by atoms with Crippen LogP contribution in [-0.2, 0) is 0 Å². The van der Waals surface area contributed by atoms with Crippen LogP contribution in [0, 0.1) is 5.92 Å². The summed E-state index contributed by atoms with van der Waals surface area (Å²) in [6.45, 7) is 0.663. The largest absolute Gasteiger partial charge is 0.352 e. The highest BCUT2D eigenvalue weighted by Crippen LogP contribution is 2.23. The molecule has 1 fully saturated rings. The maximum Gasteiger partial charge on any atom is 0.252 e. The van der Waals surface area contributed by atoms with Crippen molar-refractivity contribution in [2.24, 2.45) is 11.7 Å². The van der Waals surface area contributed by atoms with Crippen LogP contribution in [0.4, 0.5) is 0 Å². The Hall–Kier alpha value is -1.94. The number of nitrogens with zero attached hydrogens (tertiary/aromatic N) is 1. The highest BCUT2D eigenvalue weighted by molar-refractivity contribution is 6.05.